The molecule has 1 aromatic heterocycles. The van der Waals surface area contributed by atoms with Crippen LogP contribution in [-0.2, 0) is 6.42 Å². The van der Waals surface area contributed by atoms with E-state index >= 15 is 0 Å². The average molecular weight is 161 g/mol. The molecule has 1 aromatic rings. The van der Waals surface area contributed by atoms with Gasteiger partial charge < -0.3 is 5.73 Å². The Morgan fingerprint density at radius 2 is 2.33 bits per heavy atom. The third-order valence-electron chi connectivity index (χ3n) is 1.54. The number of nitrogens with two attached hydrogens (primary N) is 1. The molecule has 0 aliphatic heterocycles. The Hall–Kier alpha value is -1.40. The third-order valence-corrected chi connectivity index (χ3v) is 1.54. The average Bonchev–Trinajstić information content (AvgIpc) is 2.04. The molecule has 0 atom stereocenters. The number of pyridine rings is 1. The summed E-state index contributed by atoms with van der Waals surface area (Å²) < 4.78 is 0. The number of hydrogen-bond acceptors (Lipinski definition) is 3. The Morgan fingerprint density at radius 1 is 1.58 bits per heavy atom. The number of nitrogens with zero attached hydrogens (tertiary/aromatic N) is 2. The lowest BCUT2D eigenvalue weighted by atomic mass is 10.2. The summed E-state index contributed by atoms with van der Waals surface area (Å²) in [5.41, 5.74) is 7.81. The minimum Gasteiger partial charge on any atom is -0.330 e. The molecular weight excluding hydrogens is 150 g/mol. The zero-order valence-corrected chi connectivity index (χ0v) is 7.04. The van der Waals surface area contributed by atoms with Gasteiger partial charge in [0, 0.05) is 17.8 Å². The maximum absolute atomic E-state index is 8.65. The van der Waals surface area contributed by atoms with Crippen LogP contribution >= 0.6 is 0 Å². The SMILES string of the molecule is Cc1cc(C#N)cc(CCN)n1. The maximum Gasteiger partial charge on any atom is 0.0992 e. The maximum atomic E-state index is 8.65. The van der Waals surface area contributed by atoms with E-state index in [0.717, 1.165) is 17.8 Å². The zero-order chi connectivity index (χ0) is 8.97. The largest absolute Gasteiger partial charge is 0.330 e. The van der Waals surface area contributed by atoms with Crippen LogP contribution in [-0.4, -0.2) is 11.5 Å². The van der Waals surface area contributed by atoms with E-state index in [0.29, 0.717) is 12.1 Å². The molecule has 0 radical (unpaired) electrons. The molecule has 12 heavy (non-hydrogen) atoms. The van der Waals surface area contributed by atoms with E-state index in [1.807, 2.05) is 6.92 Å². The van der Waals surface area contributed by atoms with Gasteiger partial charge in [-0.1, -0.05) is 0 Å². The normalized spacial score (nSPS) is 9.42. The third kappa shape index (κ3) is 2.04. The van der Waals surface area contributed by atoms with Crippen LogP contribution in [0.2, 0.25) is 0 Å². The highest BCUT2D eigenvalue weighted by Gasteiger charge is 1.97. The summed E-state index contributed by atoms with van der Waals surface area (Å²) in [5, 5.41) is 8.65. The fourth-order valence-electron chi connectivity index (χ4n) is 1.08. The van der Waals surface area contributed by atoms with Gasteiger partial charge in [-0.25, -0.2) is 0 Å². The molecule has 0 saturated heterocycles. The van der Waals surface area contributed by atoms with Crippen LogP contribution < -0.4 is 5.73 Å². The number of nitriles is 1. The Labute approximate surface area is 71.8 Å². The van der Waals surface area contributed by atoms with Gasteiger partial charge in [0.05, 0.1) is 11.6 Å². The Balaban J connectivity index is 3.00. The second-order valence-electron chi connectivity index (χ2n) is 2.64. The highest BCUT2D eigenvalue weighted by molar-refractivity contribution is 5.31. The zero-order valence-electron chi connectivity index (χ0n) is 7.04. The summed E-state index contributed by atoms with van der Waals surface area (Å²) in [6.07, 6.45) is 0.732. The molecular formula is C9H11N3. The predicted molar refractivity (Wildman–Crippen MR) is 46.4 cm³/mol. The van der Waals surface area contributed by atoms with Gasteiger partial charge in [-0.3, -0.25) is 4.98 Å². The van der Waals surface area contributed by atoms with Crippen molar-refractivity contribution in [2.75, 3.05) is 6.54 Å². The molecule has 0 aliphatic carbocycles. The molecule has 3 heteroatoms. The molecule has 1 heterocycles. The van der Waals surface area contributed by atoms with E-state index in [4.69, 9.17) is 11.0 Å². The first-order chi connectivity index (χ1) is 5.76. The highest BCUT2D eigenvalue weighted by atomic mass is 14.7. The minimum atomic E-state index is 0.571. The van der Waals surface area contributed by atoms with Crippen molar-refractivity contribution in [3.63, 3.8) is 0 Å². The number of aryl methyl sites for hydroxylation is 1. The molecule has 0 spiro atoms. The molecule has 0 bridgehead atoms. The molecule has 0 amide bonds. The molecule has 1 rings (SSSR count). The number of rotatable bonds is 2. The van der Waals surface area contributed by atoms with Crippen LogP contribution in [0.1, 0.15) is 17.0 Å². The van der Waals surface area contributed by atoms with Gasteiger partial charge >= 0.3 is 0 Å². The van der Waals surface area contributed by atoms with E-state index in [-0.39, 0.29) is 0 Å². The van der Waals surface area contributed by atoms with Gasteiger partial charge in [-0.15, -0.1) is 0 Å². The number of aromatic nitrogens is 1. The van der Waals surface area contributed by atoms with Crippen molar-refractivity contribution in [2.45, 2.75) is 13.3 Å². The molecule has 3 nitrogen and oxygen atoms in total. The number of hydrogen-bond donors (Lipinski definition) is 1. The van der Waals surface area contributed by atoms with Crippen molar-refractivity contribution < 1.29 is 0 Å². The monoisotopic (exact) mass is 161 g/mol. The van der Waals surface area contributed by atoms with Gasteiger partial charge in [-0.05, 0) is 25.6 Å². The molecule has 2 N–H and O–H groups in total. The molecule has 0 aromatic carbocycles. The summed E-state index contributed by atoms with van der Waals surface area (Å²) in [6, 6.07) is 5.63. The van der Waals surface area contributed by atoms with Gasteiger partial charge in [0.1, 0.15) is 0 Å². The molecule has 0 unspecified atom stereocenters. The van der Waals surface area contributed by atoms with Crippen LogP contribution in [0.3, 0.4) is 0 Å². The lowest BCUT2D eigenvalue weighted by Crippen LogP contribution is -2.05. The van der Waals surface area contributed by atoms with Gasteiger partial charge in [-0.2, -0.15) is 5.26 Å². The molecule has 0 saturated carbocycles. The van der Waals surface area contributed by atoms with Crippen molar-refractivity contribution in [2.24, 2.45) is 5.73 Å². The second-order valence-corrected chi connectivity index (χ2v) is 2.64. The summed E-state index contributed by atoms with van der Waals surface area (Å²) in [4.78, 5) is 4.24. The highest BCUT2D eigenvalue weighted by Crippen LogP contribution is 2.04. The quantitative estimate of drug-likeness (QED) is 0.696. The first kappa shape index (κ1) is 8.69. The minimum absolute atomic E-state index is 0.571. The van der Waals surface area contributed by atoms with Crippen molar-refractivity contribution >= 4 is 0 Å². The van der Waals surface area contributed by atoms with Crippen molar-refractivity contribution in [1.29, 1.82) is 5.26 Å². The topological polar surface area (TPSA) is 62.7 Å². The van der Waals surface area contributed by atoms with Gasteiger partial charge in [0.15, 0.2) is 0 Å². The second kappa shape index (κ2) is 3.84. The van der Waals surface area contributed by atoms with Crippen molar-refractivity contribution in [1.82, 2.24) is 4.98 Å². The first-order valence-corrected chi connectivity index (χ1v) is 3.84. The van der Waals surface area contributed by atoms with Gasteiger partial charge in [0.25, 0.3) is 0 Å². The Morgan fingerprint density at radius 3 is 2.92 bits per heavy atom. The van der Waals surface area contributed by atoms with E-state index in [1.165, 1.54) is 0 Å². The van der Waals surface area contributed by atoms with Crippen LogP contribution in [0.5, 0.6) is 0 Å². The van der Waals surface area contributed by atoms with Crippen molar-refractivity contribution in [3.05, 3.63) is 29.1 Å². The molecule has 0 aliphatic rings. The summed E-state index contributed by atoms with van der Waals surface area (Å²) in [7, 11) is 0. The van der Waals surface area contributed by atoms with Crippen molar-refractivity contribution in [3.8, 4) is 6.07 Å². The summed E-state index contributed by atoms with van der Waals surface area (Å²) in [5.74, 6) is 0. The standard InChI is InChI=1S/C9H11N3/c1-7-4-8(6-11)5-9(12-7)2-3-10/h4-5H,2-3,10H2,1H3. The lowest BCUT2D eigenvalue weighted by Gasteiger charge is -1.99. The Bertz CT molecular complexity index is 312. The predicted octanol–water partition coefficient (Wildman–Crippen LogP) is 0.763. The fraction of sp³-hybridized carbons (Fsp3) is 0.333. The summed E-state index contributed by atoms with van der Waals surface area (Å²) >= 11 is 0. The Kier molecular flexibility index (Phi) is 2.78. The van der Waals surface area contributed by atoms with E-state index in [9.17, 15) is 0 Å². The molecule has 0 fully saturated rings. The van der Waals surface area contributed by atoms with E-state index < -0.39 is 0 Å². The van der Waals surface area contributed by atoms with E-state index in [2.05, 4.69) is 11.1 Å². The molecule has 62 valence electrons. The van der Waals surface area contributed by atoms with E-state index in [1.54, 1.807) is 12.1 Å². The van der Waals surface area contributed by atoms with Crippen LogP contribution in [0.15, 0.2) is 12.1 Å². The van der Waals surface area contributed by atoms with Crippen LogP contribution in [0.25, 0.3) is 0 Å². The van der Waals surface area contributed by atoms with Crippen LogP contribution in [0, 0.1) is 18.3 Å². The first-order valence-electron chi connectivity index (χ1n) is 3.84. The van der Waals surface area contributed by atoms with Crippen LogP contribution in [0.4, 0.5) is 0 Å². The lowest BCUT2D eigenvalue weighted by molar-refractivity contribution is 0.911. The summed E-state index contributed by atoms with van der Waals surface area (Å²) in [6.45, 7) is 2.45. The smallest absolute Gasteiger partial charge is 0.0992 e. The fourth-order valence-corrected chi connectivity index (χ4v) is 1.08. The van der Waals surface area contributed by atoms with Gasteiger partial charge in [0.2, 0.25) is 0 Å².